The lowest BCUT2D eigenvalue weighted by Crippen LogP contribution is -2.26. The number of hydrogen-bond acceptors (Lipinski definition) is 4. The second-order valence-electron chi connectivity index (χ2n) is 5.80. The van der Waals surface area contributed by atoms with Crippen molar-refractivity contribution in [1.29, 1.82) is 0 Å². The summed E-state index contributed by atoms with van der Waals surface area (Å²) >= 11 is 0. The molecule has 0 atom stereocenters. The van der Waals surface area contributed by atoms with Crippen LogP contribution in [0.25, 0.3) is 11.4 Å². The molecule has 1 aromatic heterocycles. The number of carbonyl (C=O) groups is 1. The smallest absolute Gasteiger partial charge is 0.254 e. The molecule has 5 nitrogen and oxygen atoms in total. The first-order valence-electron chi connectivity index (χ1n) is 8.57. The van der Waals surface area contributed by atoms with Crippen molar-refractivity contribution >= 4 is 5.91 Å². The van der Waals surface area contributed by atoms with Crippen LogP contribution >= 0.6 is 0 Å². The van der Waals surface area contributed by atoms with Crippen molar-refractivity contribution < 1.29 is 9.53 Å². The Hall–Kier alpha value is -3.65. The summed E-state index contributed by atoms with van der Waals surface area (Å²) in [6.45, 7) is 0.768. The third-order valence-electron chi connectivity index (χ3n) is 3.89. The second kappa shape index (κ2) is 9.16. The van der Waals surface area contributed by atoms with E-state index in [-0.39, 0.29) is 12.5 Å². The van der Waals surface area contributed by atoms with Gasteiger partial charge in [0.2, 0.25) is 0 Å². The lowest BCUT2D eigenvalue weighted by molar-refractivity contribution is 0.0953. The number of terminal acetylenes is 1. The zero-order valence-electron chi connectivity index (χ0n) is 14.8. The number of ether oxygens (including phenoxy) is 1. The highest BCUT2D eigenvalue weighted by atomic mass is 16.5. The molecule has 0 saturated heterocycles. The Morgan fingerprint density at radius 1 is 1.04 bits per heavy atom. The van der Waals surface area contributed by atoms with Crippen molar-refractivity contribution in [2.45, 2.75) is 6.42 Å². The molecule has 0 aliphatic rings. The zero-order valence-corrected chi connectivity index (χ0v) is 14.8. The molecule has 2 aromatic carbocycles. The number of nitrogens with one attached hydrogen (secondary N) is 1. The van der Waals surface area contributed by atoms with Gasteiger partial charge in [0.15, 0.2) is 5.82 Å². The highest BCUT2D eigenvalue weighted by molar-refractivity contribution is 5.93. The molecule has 134 valence electrons. The van der Waals surface area contributed by atoms with Gasteiger partial charge in [0, 0.05) is 24.5 Å². The van der Waals surface area contributed by atoms with Crippen molar-refractivity contribution in [3.05, 3.63) is 78.1 Å². The topological polar surface area (TPSA) is 64.1 Å². The Labute approximate surface area is 158 Å². The highest BCUT2D eigenvalue weighted by Crippen LogP contribution is 2.14. The summed E-state index contributed by atoms with van der Waals surface area (Å²) in [6.07, 6.45) is 8.96. The van der Waals surface area contributed by atoms with E-state index in [1.165, 1.54) is 0 Å². The number of nitrogens with zero attached hydrogens (tertiary/aromatic N) is 2. The van der Waals surface area contributed by atoms with Crippen LogP contribution in [0.1, 0.15) is 15.9 Å². The lowest BCUT2D eigenvalue weighted by Gasteiger charge is -2.07. The van der Waals surface area contributed by atoms with Crippen LogP contribution in [0.3, 0.4) is 0 Å². The van der Waals surface area contributed by atoms with E-state index in [9.17, 15) is 4.79 Å². The van der Waals surface area contributed by atoms with Gasteiger partial charge in [-0.05, 0) is 24.1 Å². The van der Waals surface area contributed by atoms with Gasteiger partial charge < -0.3 is 10.1 Å². The molecule has 27 heavy (non-hydrogen) atoms. The van der Waals surface area contributed by atoms with E-state index in [1.54, 1.807) is 12.4 Å². The van der Waals surface area contributed by atoms with Crippen LogP contribution in [0.15, 0.2) is 67.0 Å². The molecule has 0 aliphatic carbocycles. The number of aromatic nitrogens is 2. The molecule has 5 heteroatoms. The van der Waals surface area contributed by atoms with E-state index in [4.69, 9.17) is 11.2 Å². The molecule has 0 spiro atoms. The van der Waals surface area contributed by atoms with E-state index in [2.05, 4.69) is 21.2 Å². The molecule has 0 aliphatic heterocycles. The Balaban J connectivity index is 1.50. The maximum Gasteiger partial charge on any atom is 0.254 e. The van der Waals surface area contributed by atoms with Crippen molar-refractivity contribution in [3.8, 4) is 29.5 Å². The monoisotopic (exact) mass is 357 g/mol. The quantitative estimate of drug-likeness (QED) is 0.660. The Bertz CT molecular complexity index is 915. The van der Waals surface area contributed by atoms with E-state index >= 15 is 0 Å². The molecule has 0 unspecified atom stereocenters. The van der Waals surface area contributed by atoms with Gasteiger partial charge in [-0.1, -0.05) is 48.4 Å². The number of rotatable bonds is 7. The molecule has 1 heterocycles. The van der Waals surface area contributed by atoms with Crippen molar-refractivity contribution in [3.63, 3.8) is 0 Å². The van der Waals surface area contributed by atoms with Gasteiger partial charge in [-0.2, -0.15) is 0 Å². The third-order valence-corrected chi connectivity index (χ3v) is 3.89. The summed E-state index contributed by atoms with van der Waals surface area (Å²) in [5.74, 6) is 3.56. The van der Waals surface area contributed by atoms with Crippen LogP contribution in [-0.4, -0.2) is 29.0 Å². The average molecular weight is 357 g/mol. The molecule has 0 fully saturated rings. The summed E-state index contributed by atoms with van der Waals surface area (Å²) in [5, 5.41) is 2.88. The first kappa shape index (κ1) is 18.2. The van der Waals surface area contributed by atoms with Crippen LogP contribution in [0, 0.1) is 12.3 Å². The van der Waals surface area contributed by atoms with E-state index in [0.29, 0.717) is 24.4 Å². The van der Waals surface area contributed by atoms with Crippen molar-refractivity contribution in [2.24, 2.45) is 0 Å². The lowest BCUT2D eigenvalue weighted by atomic mass is 10.1. The highest BCUT2D eigenvalue weighted by Gasteiger charge is 2.07. The van der Waals surface area contributed by atoms with Gasteiger partial charge in [-0.25, -0.2) is 9.97 Å². The average Bonchev–Trinajstić information content (AvgIpc) is 2.74. The van der Waals surface area contributed by atoms with Gasteiger partial charge in [-0.3, -0.25) is 4.79 Å². The minimum atomic E-state index is -0.191. The second-order valence-corrected chi connectivity index (χ2v) is 5.80. The molecular formula is C22H19N3O2. The number of benzene rings is 2. The fourth-order valence-corrected chi connectivity index (χ4v) is 2.48. The van der Waals surface area contributed by atoms with Crippen molar-refractivity contribution in [2.75, 3.05) is 13.2 Å². The predicted octanol–water partition coefficient (Wildman–Crippen LogP) is 3.13. The zero-order chi connectivity index (χ0) is 18.9. The van der Waals surface area contributed by atoms with Crippen LogP contribution in [0.4, 0.5) is 0 Å². The standard InChI is InChI=1S/C22H19N3O2/c1-2-14-27-20-10-8-17(9-11-20)12-13-23-22(26)19-15-24-21(25-16-19)18-6-4-3-5-7-18/h1,3-11,15-16H,12-14H2,(H,23,26). The number of carbonyl (C=O) groups excluding carboxylic acids is 1. The van der Waals surface area contributed by atoms with Crippen LogP contribution in [0.5, 0.6) is 5.75 Å². The van der Waals surface area contributed by atoms with Crippen LogP contribution in [-0.2, 0) is 6.42 Å². The summed E-state index contributed by atoms with van der Waals surface area (Å²) in [5.41, 5.74) is 2.45. The van der Waals surface area contributed by atoms with Gasteiger partial charge in [0.25, 0.3) is 5.91 Å². The summed E-state index contributed by atoms with van der Waals surface area (Å²) in [7, 11) is 0. The van der Waals surface area contributed by atoms with Gasteiger partial charge in [0.05, 0.1) is 5.56 Å². The van der Waals surface area contributed by atoms with E-state index in [0.717, 1.165) is 16.9 Å². The minimum Gasteiger partial charge on any atom is -0.481 e. The number of hydrogen-bond donors (Lipinski definition) is 1. The minimum absolute atomic E-state index is 0.191. The summed E-state index contributed by atoms with van der Waals surface area (Å²) < 4.78 is 5.33. The molecule has 0 bridgehead atoms. The fourth-order valence-electron chi connectivity index (χ4n) is 2.48. The van der Waals surface area contributed by atoms with Crippen LogP contribution < -0.4 is 10.1 Å². The SMILES string of the molecule is C#CCOc1ccc(CCNC(=O)c2cnc(-c3ccccc3)nc2)cc1. The molecule has 1 amide bonds. The molecular weight excluding hydrogens is 338 g/mol. The van der Waals surface area contributed by atoms with Gasteiger partial charge in [0.1, 0.15) is 12.4 Å². The first-order chi connectivity index (χ1) is 13.3. The predicted molar refractivity (Wildman–Crippen MR) is 104 cm³/mol. The van der Waals surface area contributed by atoms with E-state index < -0.39 is 0 Å². The largest absolute Gasteiger partial charge is 0.481 e. The molecule has 0 radical (unpaired) electrons. The maximum absolute atomic E-state index is 12.2. The summed E-state index contributed by atoms with van der Waals surface area (Å²) in [6, 6.07) is 17.3. The molecule has 3 aromatic rings. The molecule has 1 N–H and O–H groups in total. The Morgan fingerprint density at radius 3 is 2.41 bits per heavy atom. The van der Waals surface area contributed by atoms with Gasteiger partial charge in [-0.15, -0.1) is 6.42 Å². The third kappa shape index (κ3) is 5.16. The Morgan fingerprint density at radius 2 is 1.74 bits per heavy atom. The fraction of sp³-hybridized carbons (Fsp3) is 0.136. The Kier molecular flexibility index (Phi) is 6.16. The number of amides is 1. The van der Waals surface area contributed by atoms with Gasteiger partial charge >= 0.3 is 0 Å². The van der Waals surface area contributed by atoms with E-state index in [1.807, 2.05) is 54.6 Å². The van der Waals surface area contributed by atoms with Crippen LogP contribution in [0.2, 0.25) is 0 Å². The maximum atomic E-state index is 12.2. The molecule has 0 saturated carbocycles. The first-order valence-corrected chi connectivity index (χ1v) is 8.57. The van der Waals surface area contributed by atoms with Crippen molar-refractivity contribution in [1.82, 2.24) is 15.3 Å². The normalized spacial score (nSPS) is 10.0. The summed E-state index contributed by atoms with van der Waals surface area (Å²) in [4.78, 5) is 20.8. The molecule has 3 rings (SSSR count).